The van der Waals surface area contributed by atoms with Gasteiger partial charge in [-0.3, -0.25) is 15.0 Å². The van der Waals surface area contributed by atoms with Crippen molar-refractivity contribution in [2.24, 2.45) is 5.92 Å². The van der Waals surface area contributed by atoms with Crippen molar-refractivity contribution >= 4 is 40.8 Å². The Hall–Kier alpha value is -1.34. The summed E-state index contributed by atoms with van der Waals surface area (Å²) in [4.78, 5) is 24.7. The number of carbonyl (C=O) groups is 2. The highest BCUT2D eigenvalue weighted by molar-refractivity contribution is 6.36. The summed E-state index contributed by atoms with van der Waals surface area (Å²) in [6.07, 6.45) is 3.37. The lowest BCUT2D eigenvalue weighted by atomic mass is 9.82. The molecule has 1 saturated carbocycles. The Bertz CT molecular complexity index is 671. The smallest absolute Gasteiger partial charge is 0.325 e. The second-order valence-electron chi connectivity index (χ2n) is 6.51. The topological polar surface area (TPSA) is 79.5 Å². The van der Waals surface area contributed by atoms with Gasteiger partial charge in [0, 0.05) is 17.0 Å². The van der Waals surface area contributed by atoms with E-state index in [1.54, 1.807) is 12.1 Å². The van der Waals surface area contributed by atoms with E-state index in [0.717, 1.165) is 25.7 Å². The van der Waals surface area contributed by atoms with Crippen LogP contribution in [0.3, 0.4) is 0 Å². The molecule has 2 aliphatic rings. The van der Waals surface area contributed by atoms with Crippen LogP contribution in [-0.4, -0.2) is 30.1 Å². The number of hydrogen-bond acceptors (Lipinski definition) is 5. The summed E-state index contributed by atoms with van der Waals surface area (Å²) in [5.74, 6) is -0.641. The van der Waals surface area contributed by atoms with Crippen LogP contribution in [0, 0.1) is 5.92 Å². The van der Waals surface area contributed by atoms with Crippen molar-refractivity contribution in [3.63, 3.8) is 0 Å². The van der Waals surface area contributed by atoms with Crippen LogP contribution in [0.1, 0.15) is 32.6 Å². The number of halogens is 2. The highest BCUT2D eigenvalue weighted by Crippen LogP contribution is 2.31. The Morgan fingerprint density at radius 1 is 1.24 bits per heavy atom. The van der Waals surface area contributed by atoms with Crippen LogP contribution in [0.25, 0.3) is 0 Å². The van der Waals surface area contributed by atoms with Gasteiger partial charge in [0.2, 0.25) is 0 Å². The van der Waals surface area contributed by atoms with E-state index in [0.29, 0.717) is 21.8 Å². The van der Waals surface area contributed by atoms with Crippen LogP contribution >= 0.6 is 23.2 Å². The molecule has 1 amide bonds. The molecule has 0 bridgehead atoms. The van der Waals surface area contributed by atoms with Gasteiger partial charge in [-0.2, -0.15) is 0 Å². The molecule has 2 fully saturated rings. The maximum atomic E-state index is 12.4. The highest BCUT2D eigenvalue weighted by Gasteiger charge is 2.42. The fourth-order valence-corrected chi connectivity index (χ4v) is 3.86. The van der Waals surface area contributed by atoms with Crippen molar-refractivity contribution in [1.82, 2.24) is 10.9 Å². The average Bonchev–Trinajstić information content (AvgIpc) is 3.01. The van der Waals surface area contributed by atoms with Gasteiger partial charge in [0.15, 0.2) is 6.10 Å². The molecular weight excluding hydrogens is 365 g/mol. The fraction of sp³-hybridized carbons (Fsp3) is 0.529. The van der Waals surface area contributed by atoms with Crippen LogP contribution in [0.15, 0.2) is 18.2 Å². The van der Waals surface area contributed by atoms with Gasteiger partial charge in [0.1, 0.15) is 6.04 Å². The zero-order chi connectivity index (χ0) is 18.0. The molecular formula is C17H21Cl2N3O3. The van der Waals surface area contributed by atoms with Crippen LogP contribution in [0.2, 0.25) is 10.0 Å². The van der Waals surface area contributed by atoms with Gasteiger partial charge in [-0.05, 0) is 38.0 Å². The number of rotatable bonds is 4. The van der Waals surface area contributed by atoms with E-state index in [9.17, 15) is 9.59 Å². The molecule has 1 aromatic carbocycles. The Kier molecular flexibility index (Phi) is 5.84. The predicted molar refractivity (Wildman–Crippen MR) is 96.5 cm³/mol. The molecule has 1 aromatic rings. The monoisotopic (exact) mass is 385 g/mol. The maximum Gasteiger partial charge on any atom is 0.325 e. The Morgan fingerprint density at radius 2 is 2.00 bits per heavy atom. The molecule has 0 radical (unpaired) electrons. The van der Waals surface area contributed by atoms with E-state index in [4.69, 9.17) is 27.9 Å². The summed E-state index contributed by atoms with van der Waals surface area (Å²) in [5, 5.41) is 3.45. The van der Waals surface area contributed by atoms with Gasteiger partial charge in [0.25, 0.3) is 5.91 Å². The lowest BCUT2D eigenvalue weighted by Crippen LogP contribution is -2.43. The number of hydrogen-bond donors (Lipinski definition) is 3. The SMILES string of the molecule is CC(OC(=O)C1NNC2CCCCC21)C(=O)Nc1ccc(Cl)cc1Cl. The number of hydrazine groups is 1. The maximum absolute atomic E-state index is 12.4. The molecule has 1 aliphatic carbocycles. The first-order chi connectivity index (χ1) is 12.0. The normalized spacial score (nSPS) is 26.6. The zero-order valence-electron chi connectivity index (χ0n) is 13.9. The summed E-state index contributed by atoms with van der Waals surface area (Å²) in [5.41, 5.74) is 6.60. The molecule has 3 N–H and O–H groups in total. The minimum absolute atomic E-state index is 0.210. The first kappa shape index (κ1) is 18.5. The van der Waals surface area contributed by atoms with Crippen molar-refractivity contribution in [1.29, 1.82) is 0 Å². The summed E-state index contributed by atoms with van der Waals surface area (Å²) in [7, 11) is 0. The lowest BCUT2D eigenvalue weighted by molar-refractivity contribution is -0.156. The van der Waals surface area contributed by atoms with Gasteiger partial charge < -0.3 is 10.1 Å². The van der Waals surface area contributed by atoms with Crippen molar-refractivity contribution < 1.29 is 14.3 Å². The number of benzene rings is 1. The van der Waals surface area contributed by atoms with E-state index in [1.165, 1.54) is 13.0 Å². The first-order valence-corrected chi connectivity index (χ1v) is 9.19. The minimum Gasteiger partial charge on any atom is -0.451 e. The third-order valence-corrected chi connectivity index (χ3v) is 5.32. The molecule has 0 spiro atoms. The Morgan fingerprint density at radius 3 is 2.76 bits per heavy atom. The Labute approximate surface area is 156 Å². The zero-order valence-corrected chi connectivity index (χ0v) is 15.4. The number of fused-ring (bicyclic) bond motifs is 1. The second-order valence-corrected chi connectivity index (χ2v) is 7.36. The fourth-order valence-electron chi connectivity index (χ4n) is 3.40. The van der Waals surface area contributed by atoms with Crippen LogP contribution in [0.5, 0.6) is 0 Å². The predicted octanol–water partition coefficient (Wildman–Crippen LogP) is 2.90. The van der Waals surface area contributed by atoms with Crippen LogP contribution in [-0.2, 0) is 14.3 Å². The molecule has 4 unspecified atom stereocenters. The standard InChI is InChI=1S/C17H21Cl2N3O3/c1-9(16(23)20-14-7-6-10(18)8-12(14)19)25-17(24)15-11-4-2-3-5-13(11)21-22-15/h6-9,11,13,15,21-22H,2-5H2,1H3,(H,20,23). The number of esters is 1. The average molecular weight is 386 g/mol. The summed E-state index contributed by atoms with van der Waals surface area (Å²) >= 11 is 11.9. The number of anilines is 1. The molecule has 25 heavy (non-hydrogen) atoms. The highest BCUT2D eigenvalue weighted by atomic mass is 35.5. The minimum atomic E-state index is -0.927. The second kappa shape index (κ2) is 7.91. The van der Waals surface area contributed by atoms with E-state index in [-0.39, 0.29) is 5.92 Å². The molecule has 1 aliphatic heterocycles. The number of ether oxygens (including phenoxy) is 1. The number of amides is 1. The largest absolute Gasteiger partial charge is 0.451 e. The van der Waals surface area contributed by atoms with E-state index < -0.39 is 24.0 Å². The summed E-state index contributed by atoms with van der Waals surface area (Å²) < 4.78 is 5.36. The third-order valence-electron chi connectivity index (χ3n) is 4.78. The van der Waals surface area contributed by atoms with Crippen LogP contribution in [0.4, 0.5) is 5.69 Å². The van der Waals surface area contributed by atoms with Gasteiger partial charge in [-0.15, -0.1) is 0 Å². The van der Waals surface area contributed by atoms with Crippen LogP contribution < -0.4 is 16.2 Å². The quantitative estimate of drug-likeness (QED) is 0.694. The molecule has 3 rings (SSSR count). The van der Waals surface area contributed by atoms with Crippen molar-refractivity contribution in [2.45, 2.75) is 50.8 Å². The van der Waals surface area contributed by atoms with Crippen molar-refractivity contribution in [2.75, 3.05) is 5.32 Å². The van der Waals surface area contributed by atoms with Crippen molar-refractivity contribution in [3.8, 4) is 0 Å². The van der Waals surface area contributed by atoms with E-state index >= 15 is 0 Å². The number of nitrogens with one attached hydrogen (secondary N) is 3. The van der Waals surface area contributed by atoms with Crippen molar-refractivity contribution in [3.05, 3.63) is 28.2 Å². The lowest BCUT2D eigenvalue weighted by Gasteiger charge is -2.26. The van der Waals surface area contributed by atoms with Gasteiger partial charge in [0.05, 0.1) is 10.7 Å². The first-order valence-electron chi connectivity index (χ1n) is 8.43. The Balaban J connectivity index is 1.56. The van der Waals surface area contributed by atoms with E-state index in [2.05, 4.69) is 16.2 Å². The van der Waals surface area contributed by atoms with Gasteiger partial charge >= 0.3 is 5.97 Å². The molecule has 136 valence electrons. The summed E-state index contributed by atoms with van der Waals surface area (Å²) in [6, 6.07) is 4.64. The van der Waals surface area contributed by atoms with E-state index in [1.807, 2.05) is 0 Å². The third kappa shape index (κ3) is 4.26. The molecule has 1 saturated heterocycles. The summed E-state index contributed by atoms with van der Waals surface area (Å²) in [6.45, 7) is 1.54. The molecule has 8 heteroatoms. The molecule has 0 aromatic heterocycles. The van der Waals surface area contributed by atoms with Gasteiger partial charge in [-0.1, -0.05) is 36.0 Å². The number of carbonyl (C=O) groups excluding carboxylic acids is 2. The molecule has 6 nitrogen and oxygen atoms in total. The van der Waals surface area contributed by atoms with Gasteiger partial charge in [-0.25, -0.2) is 5.43 Å². The molecule has 4 atom stereocenters. The molecule has 1 heterocycles.